The normalized spacial score (nSPS) is 10.3. The first-order valence-electron chi connectivity index (χ1n) is 7.10. The molecule has 0 aliphatic carbocycles. The molecular formula is C16H12N4O5. The van der Waals surface area contributed by atoms with Crippen molar-refractivity contribution in [2.75, 3.05) is 12.4 Å². The first-order valence-corrected chi connectivity index (χ1v) is 7.10. The van der Waals surface area contributed by atoms with Gasteiger partial charge in [0.1, 0.15) is 5.75 Å². The van der Waals surface area contributed by atoms with Gasteiger partial charge in [-0.1, -0.05) is 11.2 Å². The Morgan fingerprint density at radius 2 is 1.96 bits per heavy atom. The number of non-ortho nitro benzene ring substituents is 1. The van der Waals surface area contributed by atoms with Crippen molar-refractivity contribution in [2.24, 2.45) is 0 Å². The molecule has 0 bridgehead atoms. The summed E-state index contributed by atoms with van der Waals surface area (Å²) >= 11 is 0. The lowest BCUT2D eigenvalue weighted by Gasteiger charge is -2.02. The van der Waals surface area contributed by atoms with Crippen LogP contribution in [0, 0.1) is 10.1 Å². The first kappa shape index (κ1) is 16.1. The number of nitrogens with one attached hydrogen (secondary N) is 1. The third kappa shape index (κ3) is 3.61. The molecule has 1 aromatic heterocycles. The monoisotopic (exact) mass is 340 g/mol. The van der Waals surface area contributed by atoms with Gasteiger partial charge in [-0.3, -0.25) is 20.2 Å². The van der Waals surface area contributed by atoms with Crippen LogP contribution >= 0.6 is 0 Å². The standard InChI is InChI=1S/C16H12N4O5/c1-24-13-7-5-10(6-8-13)14(21)17-16-19-18-15(25-16)11-3-2-4-12(9-11)20(22)23/h2-9H,1H3,(H,17,19,21). The summed E-state index contributed by atoms with van der Waals surface area (Å²) in [6.07, 6.45) is 0. The zero-order valence-corrected chi connectivity index (χ0v) is 13.0. The molecule has 1 N–H and O–H groups in total. The number of nitro groups is 1. The second-order valence-electron chi connectivity index (χ2n) is 4.90. The summed E-state index contributed by atoms with van der Waals surface area (Å²) in [5, 5.41) is 20.8. The van der Waals surface area contributed by atoms with Gasteiger partial charge in [0, 0.05) is 23.3 Å². The summed E-state index contributed by atoms with van der Waals surface area (Å²) in [6, 6.07) is 12.1. The van der Waals surface area contributed by atoms with Crippen molar-refractivity contribution in [2.45, 2.75) is 0 Å². The highest BCUT2D eigenvalue weighted by Gasteiger charge is 2.15. The average molecular weight is 340 g/mol. The lowest BCUT2D eigenvalue weighted by molar-refractivity contribution is -0.384. The zero-order chi connectivity index (χ0) is 17.8. The SMILES string of the molecule is COc1ccc(C(=O)Nc2nnc(-c3cccc([N+](=O)[O-])c3)o2)cc1. The number of methoxy groups -OCH3 is 1. The number of carbonyl (C=O) groups excluding carboxylic acids is 1. The van der Waals surface area contributed by atoms with Gasteiger partial charge in [-0.2, -0.15) is 0 Å². The van der Waals surface area contributed by atoms with Crippen molar-refractivity contribution in [3.05, 3.63) is 64.2 Å². The highest BCUT2D eigenvalue weighted by molar-refractivity contribution is 6.03. The summed E-state index contributed by atoms with van der Waals surface area (Å²) < 4.78 is 10.4. The highest BCUT2D eigenvalue weighted by atomic mass is 16.6. The maximum Gasteiger partial charge on any atom is 0.322 e. The average Bonchev–Trinajstić information content (AvgIpc) is 3.10. The van der Waals surface area contributed by atoms with E-state index >= 15 is 0 Å². The van der Waals surface area contributed by atoms with Crippen LogP contribution in [0.4, 0.5) is 11.7 Å². The van der Waals surface area contributed by atoms with Crippen LogP contribution in [0.3, 0.4) is 0 Å². The summed E-state index contributed by atoms with van der Waals surface area (Å²) in [5.41, 5.74) is 0.669. The third-order valence-electron chi connectivity index (χ3n) is 3.30. The van der Waals surface area contributed by atoms with E-state index in [1.165, 1.54) is 25.3 Å². The van der Waals surface area contributed by atoms with Gasteiger partial charge in [-0.05, 0) is 30.3 Å². The van der Waals surface area contributed by atoms with E-state index in [1.807, 2.05) is 0 Å². The molecule has 1 heterocycles. The number of aromatic nitrogens is 2. The summed E-state index contributed by atoms with van der Waals surface area (Å²) in [4.78, 5) is 22.4. The summed E-state index contributed by atoms with van der Waals surface area (Å²) in [7, 11) is 1.53. The molecule has 25 heavy (non-hydrogen) atoms. The molecule has 0 aliphatic heterocycles. The predicted octanol–water partition coefficient (Wildman–Crippen LogP) is 2.91. The molecule has 0 radical (unpaired) electrons. The van der Waals surface area contributed by atoms with Gasteiger partial charge in [0.15, 0.2) is 0 Å². The molecule has 0 unspecified atom stereocenters. The van der Waals surface area contributed by atoms with Crippen molar-refractivity contribution in [3.63, 3.8) is 0 Å². The number of hydrogen-bond donors (Lipinski definition) is 1. The lowest BCUT2D eigenvalue weighted by atomic mass is 10.2. The fraction of sp³-hybridized carbons (Fsp3) is 0.0625. The molecule has 126 valence electrons. The van der Waals surface area contributed by atoms with Crippen molar-refractivity contribution in [1.82, 2.24) is 10.2 Å². The molecule has 2 aromatic carbocycles. The number of rotatable bonds is 5. The smallest absolute Gasteiger partial charge is 0.322 e. The number of amides is 1. The van der Waals surface area contributed by atoms with E-state index in [-0.39, 0.29) is 17.6 Å². The van der Waals surface area contributed by atoms with E-state index in [0.29, 0.717) is 16.9 Å². The van der Waals surface area contributed by atoms with Gasteiger partial charge in [-0.25, -0.2) is 0 Å². The fourth-order valence-corrected chi connectivity index (χ4v) is 2.05. The minimum atomic E-state index is -0.522. The Balaban J connectivity index is 1.76. The second-order valence-corrected chi connectivity index (χ2v) is 4.90. The Morgan fingerprint density at radius 1 is 1.20 bits per heavy atom. The van der Waals surface area contributed by atoms with Gasteiger partial charge < -0.3 is 9.15 Å². The maximum atomic E-state index is 12.1. The molecular weight excluding hydrogens is 328 g/mol. The molecule has 1 amide bonds. The quantitative estimate of drug-likeness (QED) is 0.560. The van der Waals surface area contributed by atoms with E-state index in [2.05, 4.69) is 15.5 Å². The van der Waals surface area contributed by atoms with E-state index in [0.717, 1.165) is 0 Å². The van der Waals surface area contributed by atoms with Crippen molar-refractivity contribution in [3.8, 4) is 17.2 Å². The number of ether oxygens (including phenoxy) is 1. The van der Waals surface area contributed by atoms with Crippen LogP contribution in [0.2, 0.25) is 0 Å². The number of nitro benzene ring substituents is 1. The Bertz CT molecular complexity index is 920. The Morgan fingerprint density at radius 3 is 2.64 bits per heavy atom. The van der Waals surface area contributed by atoms with E-state index in [9.17, 15) is 14.9 Å². The van der Waals surface area contributed by atoms with Crippen LogP contribution < -0.4 is 10.1 Å². The third-order valence-corrected chi connectivity index (χ3v) is 3.30. The van der Waals surface area contributed by atoms with Crippen LogP contribution in [0.15, 0.2) is 52.9 Å². The Labute approximate surface area is 141 Å². The van der Waals surface area contributed by atoms with Crippen LogP contribution in [0.1, 0.15) is 10.4 Å². The number of benzene rings is 2. The molecule has 3 rings (SSSR count). The van der Waals surface area contributed by atoms with Crippen LogP contribution in [0.25, 0.3) is 11.5 Å². The van der Waals surface area contributed by atoms with Crippen LogP contribution in [0.5, 0.6) is 5.75 Å². The first-order chi connectivity index (χ1) is 12.1. The van der Waals surface area contributed by atoms with E-state index in [1.54, 1.807) is 30.3 Å². The molecule has 0 atom stereocenters. The van der Waals surface area contributed by atoms with Crippen molar-refractivity contribution >= 4 is 17.6 Å². The van der Waals surface area contributed by atoms with Crippen LogP contribution in [-0.4, -0.2) is 28.1 Å². The van der Waals surface area contributed by atoms with Crippen LogP contribution in [-0.2, 0) is 0 Å². The minimum absolute atomic E-state index is 0.0636. The molecule has 3 aromatic rings. The molecule has 0 spiro atoms. The minimum Gasteiger partial charge on any atom is -0.497 e. The van der Waals surface area contributed by atoms with Gasteiger partial charge in [0.25, 0.3) is 11.6 Å². The van der Waals surface area contributed by atoms with Gasteiger partial charge in [0.2, 0.25) is 5.89 Å². The molecule has 0 saturated heterocycles. The topological polar surface area (TPSA) is 120 Å². The Hall–Kier alpha value is -3.75. The summed E-state index contributed by atoms with van der Waals surface area (Å²) in [6.45, 7) is 0. The predicted molar refractivity (Wildman–Crippen MR) is 87.3 cm³/mol. The summed E-state index contributed by atoms with van der Waals surface area (Å²) in [5.74, 6) is 0.257. The van der Waals surface area contributed by atoms with Crippen molar-refractivity contribution < 1.29 is 18.9 Å². The fourth-order valence-electron chi connectivity index (χ4n) is 2.05. The highest BCUT2D eigenvalue weighted by Crippen LogP contribution is 2.24. The maximum absolute atomic E-state index is 12.1. The number of anilines is 1. The van der Waals surface area contributed by atoms with Crippen molar-refractivity contribution in [1.29, 1.82) is 0 Å². The molecule has 9 nitrogen and oxygen atoms in total. The number of nitrogens with zero attached hydrogens (tertiary/aromatic N) is 3. The van der Waals surface area contributed by atoms with E-state index in [4.69, 9.17) is 9.15 Å². The molecule has 0 saturated carbocycles. The van der Waals surface area contributed by atoms with Gasteiger partial charge in [0.05, 0.1) is 12.0 Å². The number of carbonyl (C=O) groups is 1. The van der Waals surface area contributed by atoms with Gasteiger partial charge in [-0.15, -0.1) is 5.10 Å². The largest absolute Gasteiger partial charge is 0.497 e. The number of hydrogen-bond acceptors (Lipinski definition) is 7. The molecule has 0 fully saturated rings. The Kier molecular flexibility index (Phi) is 4.38. The van der Waals surface area contributed by atoms with Gasteiger partial charge >= 0.3 is 6.01 Å². The molecule has 9 heteroatoms. The zero-order valence-electron chi connectivity index (χ0n) is 13.0. The van der Waals surface area contributed by atoms with E-state index < -0.39 is 10.8 Å². The lowest BCUT2D eigenvalue weighted by Crippen LogP contribution is -2.11. The second kappa shape index (κ2) is 6.79. The molecule has 0 aliphatic rings.